The standard InChI is InChI=1S/C16H17NO4S/c1-2-10-20-14-8-6-12(7-9-14)15-5-3-4-13-11-17-22(18,19)21-16(13)15/h3-9,17H,2,10-11H2,1H3. The number of nitrogens with one attached hydrogen (secondary N) is 1. The second kappa shape index (κ2) is 5.98. The van der Waals surface area contributed by atoms with Crippen molar-refractivity contribution in [1.82, 2.24) is 4.72 Å². The first-order valence-corrected chi connectivity index (χ1v) is 8.54. The molecule has 0 saturated carbocycles. The molecule has 0 amide bonds. The van der Waals surface area contributed by atoms with Crippen LogP contribution in [-0.2, 0) is 16.8 Å². The topological polar surface area (TPSA) is 64.6 Å². The highest BCUT2D eigenvalue weighted by Gasteiger charge is 2.24. The number of hydrogen-bond donors (Lipinski definition) is 1. The van der Waals surface area contributed by atoms with E-state index in [0.29, 0.717) is 12.4 Å². The van der Waals surface area contributed by atoms with Crippen LogP contribution in [0.2, 0.25) is 0 Å². The van der Waals surface area contributed by atoms with Gasteiger partial charge in [0.15, 0.2) is 5.75 Å². The van der Waals surface area contributed by atoms with Crippen molar-refractivity contribution in [2.75, 3.05) is 6.61 Å². The van der Waals surface area contributed by atoms with Gasteiger partial charge in [-0.05, 0) is 24.1 Å². The second-order valence-corrected chi connectivity index (χ2v) is 6.39. The largest absolute Gasteiger partial charge is 0.494 e. The summed E-state index contributed by atoms with van der Waals surface area (Å²) >= 11 is 0. The molecule has 0 atom stereocenters. The van der Waals surface area contributed by atoms with E-state index in [2.05, 4.69) is 11.6 Å². The lowest BCUT2D eigenvalue weighted by atomic mass is 10.0. The Balaban J connectivity index is 1.95. The van der Waals surface area contributed by atoms with E-state index in [-0.39, 0.29) is 6.54 Å². The third-order valence-corrected chi connectivity index (χ3v) is 4.25. The summed E-state index contributed by atoms with van der Waals surface area (Å²) in [7, 11) is -3.72. The average Bonchev–Trinajstić information content (AvgIpc) is 2.52. The predicted octanol–water partition coefficient (Wildman–Crippen LogP) is 2.87. The summed E-state index contributed by atoms with van der Waals surface area (Å²) in [6.45, 7) is 2.97. The van der Waals surface area contributed by atoms with Crippen molar-refractivity contribution in [1.29, 1.82) is 0 Å². The van der Waals surface area contributed by atoms with Gasteiger partial charge in [-0.25, -0.2) is 0 Å². The Morgan fingerprint density at radius 2 is 1.95 bits per heavy atom. The molecule has 0 radical (unpaired) electrons. The Morgan fingerprint density at radius 3 is 2.68 bits per heavy atom. The highest BCUT2D eigenvalue weighted by Crippen LogP contribution is 2.36. The molecule has 0 spiro atoms. The lowest BCUT2D eigenvalue weighted by molar-refractivity contribution is 0.317. The molecule has 1 aliphatic rings. The molecule has 2 aromatic rings. The molecule has 0 bridgehead atoms. The van der Waals surface area contributed by atoms with Crippen molar-refractivity contribution in [3.05, 3.63) is 48.0 Å². The molecule has 116 valence electrons. The maximum absolute atomic E-state index is 11.6. The number of fused-ring (bicyclic) bond motifs is 1. The summed E-state index contributed by atoms with van der Waals surface area (Å²) in [5.41, 5.74) is 2.46. The van der Waals surface area contributed by atoms with E-state index >= 15 is 0 Å². The van der Waals surface area contributed by atoms with Crippen molar-refractivity contribution in [2.24, 2.45) is 0 Å². The Bertz CT molecular complexity index is 769. The van der Waals surface area contributed by atoms with Gasteiger partial charge in [-0.2, -0.15) is 13.1 Å². The van der Waals surface area contributed by atoms with E-state index in [0.717, 1.165) is 28.9 Å². The molecule has 5 nitrogen and oxygen atoms in total. The van der Waals surface area contributed by atoms with Crippen LogP contribution in [0.3, 0.4) is 0 Å². The fourth-order valence-corrected chi connectivity index (χ4v) is 3.11. The van der Waals surface area contributed by atoms with Crippen LogP contribution >= 0.6 is 0 Å². The van der Waals surface area contributed by atoms with Crippen molar-refractivity contribution >= 4 is 10.3 Å². The first-order valence-electron chi connectivity index (χ1n) is 7.13. The van der Waals surface area contributed by atoms with Crippen LogP contribution in [0, 0.1) is 0 Å². The fraction of sp³-hybridized carbons (Fsp3) is 0.250. The zero-order valence-corrected chi connectivity index (χ0v) is 13.0. The molecule has 0 unspecified atom stereocenters. The van der Waals surface area contributed by atoms with Gasteiger partial charge in [0.05, 0.1) is 6.61 Å². The zero-order chi connectivity index (χ0) is 15.6. The summed E-state index contributed by atoms with van der Waals surface area (Å²) in [6.07, 6.45) is 0.951. The van der Waals surface area contributed by atoms with Crippen LogP contribution in [0.4, 0.5) is 0 Å². The Hall–Kier alpha value is -2.05. The molecule has 0 fully saturated rings. The Labute approximate surface area is 130 Å². The van der Waals surface area contributed by atoms with Crippen molar-refractivity contribution < 1.29 is 17.3 Å². The number of para-hydroxylation sites is 1. The monoisotopic (exact) mass is 319 g/mol. The minimum absolute atomic E-state index is 0.239. The van der Waals surface area contributed by atoms with Gasteiger partial charge in [-0.3, -0.25) is 0 Å². The molecule has 2 aromatic carbocycles. The molecule has 1 N–H and O–H groups in total. The van der Waals surface area contributed by atoms with Gasteiger partial charge in [-0.15, -0.1) is 0 Å². The third-order valence-electron chi connectivity index (χ3n) is 3.37. The SMILES string of the molecule is CCCOc1ccc(-c2cccc3c2OS(=O)(=O)NC3)cc1. The Morgan fingerprint density at radius 1 is 1.18 bits per heavy atom. The highest BCUT2D eigenvalue weighted by molar-refractivity contribution is 7.85. The number of hydrogen-bond acceptors (Lipinski definition) is 4. The molecule has 22 heavy (non-hydrogen) atoms. The van der Waals surface area contributed by atoms with Gasteiger partial charge in [0.2, 0.25) is 0 Å². The van der Waals surface area contributed by atoms with E-state index in [1.807, 2.05) is 42.5 Å². The summed E-state index contributed by atoms with van der Waals surface area (Å²) in [4.78, 5) is 0. The van der Waals surface area contributed by atoms with E-state index < -0.39 is 10.3 Å². The normalized spacial score (nSPS) is 15.7. The van der Waals surface area contributed by atoms with Crippen LogP contribution in [0.1, 0.15) is 18.9 Å². The molecule has 1 aliphatic heterocycles. The van der Waals surface area contributed by atoms with Gasteiger partial charge in [0.25, 0.3) is 0 Å². The van der Waals surface area contributed by atoms with E-state index in [1.165, 1.54) is 0 Å². The number of ether oxygens (including phenoxy) is 1. The molecule has 0 aliphatic carbocycles. The maximum atomic E-state index is 11.6. The number of rotatable bonds is 4. The predicted molar refractivity (Wildman–Crippen MR) is 84.1 cm³/mol. The first kappa shape index (κ1) is 14.9. The van der Waals surface area contributed by atoms with Gasteiger partial charge in [-0.1, -0.05) is 37.3 Å². The first-order chi connectivity index (χ1) is 10.6. The summed E-state index contributed by atoms with van der Waals surface area (Å²) in [5, 5.41) is 0. The van der Waals surface area contributed by atoms with E-state index in [1.54, 1.807) is 0 Å². The van der Waals surface area contributed by atoms with E-state index in [4.69, 9.17) is 8.92 Å². The van der Waals surface area contributed by atoms with Crippen molar-refractivity contribution in [2.45, 2.75) is 19.9 Å². The molecule has 3 rings (SSSR count). The van der Waals surface area contributed by atoms with Crippen LogP contribution in [0.25, 0.3) is 11.1 Å². The minimum Gasteiger partial charge on any atom is -0.494 e. The summed E-state index contributed by atoms with van der Waals surface area (Å²) in [5.74, 6) is 1.19. The molecule has 0 saturated heterocycles. The van der Waals surface area contributed by atoms with Crippen LogP contribution < -0.4 is 13.6 Å². The summed E-state index contributed by atoms with van der Waals surface area (Å²) in [6, 6.07) is 13.1. The van der Waals surface area contributed by atoms with Gasteiger partial charge in [0.1, 0.15) is 5.75 Å². The van der Waals surface area contributed by atoms with Crippen LogP contribution in [0.15, 0.2) is 42.5 Å². The summed E-state index contributed by atoms with van der Waals surface area (Å²) < 4.78 is 36.3. The molecule has 6 heteroatoms. The molecular weight excluding hydrogens is 302 g/mol. The van der Waals surface area contributed by atoms with Crippen LogP contribution in [-0.4, -0.2) is 15.0 Å². The molecule has 0 aromatic heterocycles. The number of benzene rings is 2. The zero-order valence-electron chi connectivity index (χ0n) is 12.2. The van der Waals surface area contributed by atoms with Gasteiger partial charge < -0.3 is 8.92 Å². The second-order valence-electron chi connectivity index (χ2n) is 5.03. The van der Waals surface area contributed by atoms with Gasteiger partial charge in [0, 0.05) is 17.7 Å². The lowest BCUT2D eigenvalue weighted by Gasteiger charge is -2.20. The van der Waals surface area contributed by atoms with Crippen molar-refractivity contribution in [3.8, 4) is 22.6 Å². The minimum atomic E-state index is -3.72. The third kappa shape index (κ3) is 3.08. The fourth-order valence-electron chi connectivity index (χ4n) is 2.31. The van der Waals surface area contributed by atoms with Crippen molar-refractivity contribution in [3.63, 3.8) is 0 Å². The Kier molecular flexibility index (Phi) is 4.04. The smallest absolute Gasteiger partial charge is 0.382 e. The molecular formula is C16H17NO4S. The van der Waals surface area contributed by atoms with E-state index in [9.17, 15) is 8.42 Å². The lowest BCUT2D eigenvalue weighted by Crippen LogP contribution is -2.32. The highest BCUT2D eigenvalue weighted by atomic mass is 32.2. The average molecular weight is 319 g/mol. The van der Waals surface area contributed by atoms with Gasteiger partial charge >= 0.3 is 10.3 Å². The maximum Gasteiger partial charge on any atom is 0.382 e. The quantitative estimate of drug-likeness (QED) is 0.941. The molecule has 1 heterocycles. The van der Waals surface area contributed by atoms with Crippen LogP contribution in [0.5, 0.6) is 11.5 Å².